The van der Waals surface area contributed by atoms with Crippen molar-refractivity contribution in [3.05, 3.63) is 16.6 Å². The lowest BCUT2D eigenvalue weighted by molar-refractivity contribution is -0.143. The molecule has 1 aliphatic rings. The van der Waals surface area contributed by atoms with Gasteiger partial charge in [-0.2, -0.15) is 0 Å². The van der Waals surface area contributed by atoms with Gasteiger partial charge < -0.3 is 24.8 Å². The van der Waals surface area contributed by atoms with E-state index < -0.39 is 11.9 Å². The van der Waals surface area contributed by atoms with Crippen LogP contribution in [-0.2, 0) is 4.79 Å². The summed E-state index contributed by atoms with van der Waals surface area (Å²) < 4.78 is 11.1. The van der Waals surface area contributed by atoms with Crippen LogP contribution in [0.25, 0.3) is 0 Å². The Morgan fingerprint density at radius 1 is 1.30 bits per heavy atom. The first-order valence-corrected chi connectivity index (χ1v) is 7.95. The molecule has 0 saturated carbocycles. The topological polar surface area (TPSA) is 88.1 Å². The number of carbonyl (C=O) groups excluding carboxylic acids is 1. The first-order chi connectivity index (χ1) is 11.0. The smallest absolute Gasteiger partial charge is 0.321 e. The number of rotatable bonds is 4. The predicted octanol–water partition coefficient (Wildman–Crippen LogP) is 2.79. The molecule has 7 nitrogen and oxygen atoms in total. The molecule has 1 aliphatic heterocycles. The molecule has 1 fully saturated rings. The molecule has 0 aliphatic carbocycles. The van der Waals surface area contributed by atoms with E-state index in [9.17, 15) is 9.59 Å². The maximum Gasteiger partial charge on any atom is 0.321 e. The van der Waals surface area contributed by atoms with Gasteiger partial charge >= 0.3 is 12.0 Å². The van der Waals surface area contributed by atoms with Gasteiger partial charge in [0.25, 0.3) is 0 Å². The Hall–Kier alpha value is -1.96. The second kappa shape index (κ2) is 7.54. The van der Waals surface area contributed by atoms with Crippen LogP contribution in [0.4, 0.5) is 10.5 Å². The van der Waals surface area contributed by atoms with Crippen LogP contribution in [0.2, 0.25) is 0 Å². The van der Waals surface area contributed by atoms with Gasteiger partial charge in [0, 0.05) is 29.7 Å². The van der Waals surface area contributed by atoms with E-state index in [1.54, 1.807) is 12.1 Å². The largest absolute Gasteiger partial charge is 0.493 e. The van der Waals surface area contributed by atoms with E-state index in [4.69, 9.17) is 14.6 Å². The van der Waals surface area contributed by atoms with Gasteiger partial charge in [-0.05, 0) is 28.8 Å². The molecule has 23 heavy (non-hydrogen) atoms. The number of methoxy groups -OCH3 is 2. The highest BCUT2D eigenvalue weighted by atomic mass is 79.9. The number of aliphatic carboxylic acids is 1. The van der Waals surface area contributed by atoms with Crippen molar-refractivity contribution in [1.29, 1.82) is 0 Å². The highest BCUT2D eigenvalue weighted by Gasteiger charge is 2.28. The number of anilines is 1. The lowest BCUT2D eigenvalue weighted by atomic mass is 9.99. The zero-order valence-corrected chi connectivity index (χ0v) is 14.6. The number of piperidine rings is 1. The number of nitrogens with zero attached hydrogens (tertiary/aromatic N) is 1. The van der Waals surface area contributed by atoms with E-state index in [0.29, 0.717) is 41.0 Å². The molecule has 0 bridgehead atoms. The van der Waals surface area contributed by atoms with Gasteiger partial charge in [0.1, 0.15) is 0 Å². The number of carbonyl (C=O) groups is 2. The van der Waals surface area contributed by atoms with E-state index in [1.165, 1.54) is 19.1 Å². The number of benzene rings is 1. The Bertz CT molecular complexity index is 608. The maximum atomic E-state index is 12.4. The minimum absolute atomic E-state index is 0.214. The standard InChI is InChI=1S/C15H19BrN2O5/c1-22-12-6-10(16)11(7-13(12)23-2)17-15(21)18-5-3-4-9(8-18)14(19)20/h6-7,9H,3-5,8H2,1-2H3,(H,17,21)(H,19,20). The van der Waals surface area contributed by atoms with Gasteiger partial charge in [0.2, 0.25) is 0 Å². The third-order valence-corrected chi connectivity index (χ3v) is 4.43. The Balaban J connectivity index is 2.12. The van der Waals surface area contributed by atoms with E-state index in [2.05, 4.69) is 21.2 Å². The Labute approximate surface area is 142 Å². The minimum Gasteiger partial charge on any atom is -0.493 e. The quantitative estimate of drug-likeness (QED) is 0.830. The first-order valence-electron chi connectivity index (χ1n) is 7.16. The molecule has 8 heteroatoms. The van der Waals surface area contributed by atoms with Crippen LogP contribution in [-0.4, -0.2) is 49.3 Å². The van der Waals surface area contributed by atoms with Gasteiger partial charge in [-0.3, -0.25) is 4.79 Å². The van der Waals surface area contributed by atoms with Crippen LogP contribution in [0, 0.1) is 5.92 Å². The van der Waals surface area contributed by atoms with Crippen LogP contribution in [0.3, 0.4) is 0 Å². The first kappa shape index (κ1) is 17.4. The highest BCUT2D eigenvalue weighted by molar-refractivity contribution is 9.10. The second-order valence-corrected chi connectivity index (χ2v) is 6.09. The van der Waals surface area contributed by atoms with E-state index in [-0.39, 0.29) is 12.6 Å². The normalized spacial score (nSPS) is 17.5. The SMILES string of the molecule is COc1cc(Br)c(NC(=O)N2CCCC(C(=O)O)C2)cc1OC. The fraction of sp³-hybridized carbons (Fsp3) is 0.467. The van der Waals surface area contributed by atoms with Crippen LogP contribution < -0.4 is 14.8 Å². The van der Waals surface area contributed by atoms with Gasteiger partial charge in [-0.1, -0.05) is 0 Å². The van der Waals surface area contributed by atoms with Crippen molar-refractivity contribution in [2.75, 3.05) is 32.6 Å². The number of hydrogen-bond donors (Lipinski definition) is 2. The molecule has 2 N–H and O–H groups in total. The maximum absolute atomic E-state index is 12.4. The Kier molecular flexibility index (Phi) is 5.70. The number of likely N-dealkylation sites (tertiary alicyclic amines) is 1. The van der Waals surface area contributed by atoms with Crippen LogP contribution in [0.1, 0.15) is 12.8 Å². The van der Waals surface area contributed by atoms with E-state index >= 15 is 0 Å². The number of urea groups is 1. The molecule has 1 atom stereocenters. The van der Waals surface area contributed by atoms with Crippen LogP contribution in [0.15, 0.2) is 16.6 Å². The molecule has 1 aromatic carbocycles. The van der Waals surface area contributed by atoms with Crippen molar-refractivity contribution < 1.29 is 24.2 Å². The Morgan fingerprint density at radius 3 is 2.57 bits per heavy atom. The van der Waals surface area contributed by atoms with Crippen molar-refractivity contribution in [1.82, 2.24) is 4.90 Å². The number of hydrogen-bond acceptors (Lipinski definition) is 4. The van der Waals surface area contributed by atoms with Crippen molar-refractivity contribution in [3.8, 4) is 11.5 Å². The molecule has 1 heterocycles. The summed E-state index contributed by atoms with van der Waals surface area (Å²) in [5.41, 5.74) is 0.532. The van der Waals surface area contributed by atoms with Gasteiger partial charge in [-0.15, -0.1) is 0 Å². The summed E-state index contributed by atoms with van der Waals surface area (Å²) in [5, 5.41) is 11.9. The average Bonchev–Trinajstić information content (AvgIpc) is 2.56. The van der Waals surface area contributed by atoms with Crippen LogP contribution in [0.5, 0.6) is 11.5 Å². The van der Waals surface area contributed by atoms with Crippen molar-refractivity contribution in [3.63, 3.8) is 0 Å². The summed E-state index contributed by atoms with van der Waals surface area (Å²) in [4.78, 5) is 25.0. The fourth-order valence-electron chi connectivity index (χ4n) is 2.51. The van der Waals surface area contributed by atoms with Crippen molar-refractivity contribution >= 4 is 33.6 Å². The minimum atomic E-state index is -0.866. The zero-order valence-electron chi connectivity index (χ0n) is 13.0. The molecule has 0 spiro atoms. The number of halogens is 1. The summed E-state index contributed by atoms with van der Waals surface area (Å²) in [7, 11) is 3.04. The summed E-state index contributed by atoms with van der Waals surface area (Å²) in [5.74, 6) is -0.340. The van der Waals surface area contributed by atoms with Gasteiger partial charge in [-0.25, -0.2) is 4.79 Å². The highest BCUT2D eigenvalue weighted by Crippen LogP contribution is 2.36. The summed E-state index contributed by atoms with van der Waals surface area (Å²) in [6.07, 6.45) is 1.27. The molecule has 1 saturated heterocycles. The fourth-order valence-corrected chi connectivity index (χ4v) is 2.93. The van der Waals surface area contributed by atoms with Crippen molar-refractivity contribution in [2.24, 2.45) is 5.92 Å². The average molecular weight is 387 g/mol. The number of carboxylic acid groups (broad SMARTS) is 1. The zero-order chi connectivity index (χ0) is 17.0. The molecule has 0 radical (unpaired) electrons. The lowest BCUT2D eigenvalue weighted by Crippen LogP contribution is -2.44. The third-order valence-electron chi connectivity index (χ3n) is 3.77. The monoisotopic (exact) mass is 386 g/mol. The van der Waals surface area contributed by atoms with E-state index in [1.807, 2.05) is 0 Å². The number of carboxylic acids is 1. The molecule has 2 rings (SSSR count). The van der Waals surface area contributed by atoms with E-state index in [0.717, 1.165) is 0 Å². The van der Waals surface area contributed by atoms with Gasteiger partial charge in [0.15, 0.2) is 11.5 Å². The summed E-state index contributed by atoms with van der Waals surface area (Å²) >= 11 is 3.38. The number of ether oxygens (including phenoxy) is 2. The number of nitrogens with one attached hydrogen (secondary N) is 1. The summed E-state index contributed by atoms with van der Waals surface area (Å²) in [6.45, 7) is 0.757. The van der Waals surface area contributed by atoms with Crippen molar-refractivity contribution in [2.45, 2.75) is 12.8 Å². The molecule has 0 aromatic heterocycles. The molecule has 1 aromatic rings. The summed E-state index contributed by atoms with van der Waals surface area (Å²) in [6, 6.07) is 3.02. The third kappa shape index (κ3) is 4.07. The molecule has 126 valence electrons. The molecule has 2 amide bonds. The van der Waals surface area contributed by atoms with Gasteiger partial charge in [0.05, 0.1) is 25.8 Å². The molecule has 1 unspecified atom stereocenters. The second-order valence-electron chi connectivity index (χ2n) is 5.24. The lowest BCUT2D eigenvalue weighted by Gasteiger charge is -2.30. The van der Waals surface area contributed by atoms with Crippen LogP contribution >= 0.6 is 15.9 Å². The Morgan fingerprint density at radius 2 is 1.96 bits per heavy atom. The molecular formula is C15H19BrN2O5. The molecular weight excluding hydrogens is 368 g/mol. The predicted molar refractivity (Wildman–Crippen MR) is 88.2 cm³/mol. The number of amides is 2.